The van der Waals surface area contributed by atoms with Crippen molar-refractivity contribution < 1.29 is 4.39 Å². The third-order valence-electron chi connectivity index (χ3n) is 3.53. The average molecular weight is 252 g/mol. The van der Waals surface area contributed by atoms with Crippen LogP contribution in [0, 0.1) is 5.82 Å². The second-order valence-corrected chi connectivity index (χ2v) is 5.02. The monoisotopic (exact) mass is 252 g/mol. The van der Waals surface area contributed by atoms with Gasteiger partial charge in [-0.05, 0) is 39.4 Å². The molecule has 0 saturated heterocycles. The second kappa shape index (κ2) is 7.49. The number of hydrogen-bond acceptors (Lipinski definition) is 2. The van der Waals surface area contributed by atoms with E-state index in [2.05, 4.69) is 11.8 Å². The van der Waals surface area contributed by atoms with Crippen molar-refractivity contribution in [2.45, 2.75) is 45.2 Å². The number of nitrogens with two attached hydrogens (primary N) is 1. The molecule has 18 heavy (non-hydrogen) atoms. The van der Waals surface area contributed by atoms with Crippen molar-refractivity contribution in [3.63, 3.8) is 0 Å². The van der Waals surface area contributed by atoms with Gasteiger partial charge in [0.25, 0.3) is 0 Å². The summed E-state index contributed by atoms with van der Waals surface area (Å²) >= 11 is 0. The van der Waals surface area contributed by atoms with E-state index >= 15 is 0 Å². The molecule has 2 nitrogen and oxygen atoms in total. The van der Waals surface area contributed by atoms with Gasteiger partial charge in [0.1, 0.15) is 5.82 Å². The number of nitrogens with zero attached hydrogens (tertiary/aromatic N) is 1. The van der Waals surface area contributed by atoms with E-state index in [0.717, 1.165) is 31.4 Å². The Morgan fingerprint density at radius 3 is 2.56 bits per heavy atom. The first-order valence-electron chi connectivity index (χ1n) is 6.76. The lowest BCUT2D eigenvalue weighted by Crippen LogP contribution is -2.30. The molecule has 1 aromatic rings. The second-order valence-electron chi connectivity index (χ2n) is 5.02. The van der Waals surface area contributed by atoms with Gasteiger partial charge in [-0.25, -0.2) is 4.39 Å². The quantitative estimate of drug-likeness (QED) is 0.806. The molecule has 1 rings (SSSR count). The Kier molecular flexibility index (Phi) is 6.30. The summed E-state index contributed by atoms with van der Waals surface area (Å²) in [6.45, 7) is 5.08. The Bertz CT molecular complexity index is 354. The topological polar surface area (TPSA) is 29.3 Å². The first-order valence-corrected chi connectivity index (χ1v) is 6.76. The predicted molar refractivity (Wildman–Crippen MR) is 74.9 cm³/mol. The Hall–Kier alpha value is -0.930. The van der Waals surface area contributed by atoms with Crippen LogP contribution in [-0.4, -0.2) is 24.5 Å². The first-order chi connectivity index (χ1) is 8.56. The molecular formula is C15H25FN2. The Labute approximate surface area is 110 Å². The molecule has 0 aliphatic heterocycles. The van der Waals surface area contributed by atoms with Crippen LogP contribution in [-0.2, 0) is 0 Å². The van der Waals surface area contributed by atoms with Crippen LogP contribution in [0.5, 0.6) is 0 Å². The van der Waals surface area contributed by atoms with Gasteiger partial charge >= 0.3 is 0 Å². The molecular weight excluding hydrogens is 227 g/mol. The highest BCUT2D eigenvalue weighted by Crippen LogP contribution is 2.21. The fourth-order valence-electron chi connectivity index (χ4n) is 2.13. The summed E-state index contributed by atoms with van der Waals surface area (Å²) in [6.07, 6.45) is 3.14. The van der Waals surface area contributed by atoms with Crippen molar-refractivity contribution in [2.24, 2.45) is 5.73 Å². The molecule has 0 bridgehead atoms. The molecule has 0 aliphatic carbocycles. The first kappa shape index (κ1) is 15.1. The van der Waals surface area contributed by atoms with Crippen molar-refractivity contribution in [3.05, 3.63) is 35.6 Å². The van der Waals surface area contributed by atoms with Gasteiger partial charge in [0, 0.05) is 17.6 Å². The fourth-order valence-corrected chi connectivity index (χ4v) is 2.13. The molecule has 0 aliphatic rings. The van der Waals surface area contributed by atoms with Crippen LogP contribution in [0.3, 0.4) is 0 Å². The number of halogens is 1. The van der Waals surface area contributed by atoms with Crippen molar-refractivity contribution in [2.75, 3.05) is 13.6 Å². The molecule has 0 amide bonds. The predicted octanol–water partition coefficient (Wildman–Crippen LogP) is 3.34. The molecule has 2 unspecified atom stereocenters. The molecule has 0 fully saturated rings. The minimum absolute atomic E-state index is 0.0834. The minimum Gasteiger partial charge on any atom is -0.328 e. The van der Waals surface area contributed by atoms with Gasteiger partial charge in [-0.15, -0.1) is 0 Å². The molecule has 2 N–H and O–H groups in total. The maximum Gasteiger partial charge on any atom is 0.127 e. The Morgan fingerprint density at radius 1 is 1.28 bits per heavy atom. The van der Waals surface area contributed by atoms with Gasteiger partial charge in [0.05, 0.1) is 0 Å². The number of benzene rings is 1. The van der Waals surface area contributed by atoms with Crippen molar-refractivity contribution in [3.8, 4) is 0 Å². The maximum absolute atomic E-state index is 13.7. The molecule has 0 saturated carbocycles. The highest BCUT2D eigenvalue weighted by Gasteiger charge is 2.15. The zero-order valence-electron chi connectivity index (χ0n) is 11.7. The lowest BCUT2D eigenvalue weighted by Gasteiger charge is -2.26. The van der Waals surface area contributed by atoms with E-state index in [1.807, 2.05) is 26.1 Å². The molecule has 0 aromatic heterocycles. The summed E-state index contributed by atoms with van der Waals surface area (Å²) in [5.74, 6) is -0.130. The van der Waals surface area contributed by atoms with Gasteiger partial charge in [0.2, 0.25) is 0 Å². The molecule has 3 heteroatoms. The van der Waals surface area contributed by atoms with E-state index in [1.165, 1.54) is 6.07 Å². The molecule has 1 aromatic carbocycles. The zero-order valence-corrected chi connectivity index (χ0v) is 11.7. The van der Waals surface area contributed by atoms with Gasteiger partial charge in [-0.1, -0.05) is 31.5 Å². The zero-order chi connectivity index (χ0) is 13.5. The van der Waals surface area contributed by atoms with Crippen LogP contribution in [0.1, 0.15) is 44.7 Å². The van der Waals surface area contributed by atoms with Crippen LogP contribution in [0.4, 0.5) is 4.39 Å². The van der Waals surface area contributed by atoms with Crippen molar-refractivity contribution in [1.29, 1.82) is 0 Å². The summed E-state index contributed by atoms with van der Waals surface area (Å²) in [5, 5.41) is 0. The molecule has 0 spiro atoms. The lowest BCUT2D eigenvalue weighted by atomic mass is 10.1. The number of rotatable bonds is 7. The van der Waals surface area contributed by atoms with Gasteiger partial charge in [0.15, 0.2) is 0 Å². The highest BCUT2D eigenvalue weighted by atomic mass is 19.1. The number of hydrogen-bond donors (Lipinski definition) is 1. The van der Waals surface area contributed by atoms with E-state index < -0.39 is 0 Å². The SMILES string of the molecule is CCCC(N)CCN(C)C(C)c1ccccc1F. The van der Waals surface area contributed by atoms with Crippen molar-refractivity contribution in [1.82, 2.24) is 4.90 Å². The molecule has 2 atom stereocenters. The van der Waals surface area contributed by atoms with Gasteiger partial charge in [-0.2, -0.15) is 0 Å². The lowest BCUT2D eigenvalue weighted by molar-refractivity contribution is 0.245. The van der Waals surface area contributed by atoms with Crippen LogP contribution < -0.4 is 5.73 Å². The van der Waals surface area contributed by atoms with E-state index in [4.69, 9.17) is 5.73 Å². The standard InChI is InChI=1S/C15H25FN2/c1-4-7-13(17)10-11-18(3)12(2)14-8-5-6-9-15(14)16/h5-6,8-9,12-13H,4,7,10-11,17H2,1-3H3. The van der Waals surface area contributed by atoms with Crippen LogP contribution in [0.2, 0.25) is 0 Å². The van der Waals surface area contributed by atoms with E-state index in [9.17, 15) is 4.39 Å². The normalized spacial score (nSPS) is 14.8. The summed E-state index contributed by atoms with van der Waals surface area (Å²) in [5.41, 5.74) is 6.75. The van der Waals surface area contributed by atoms with E-state index in [-0.39, 0.29) is 17.9 Å². The fraction of sp³-hybridized carbons (Fsp3) is 0.600. The van der Waals surface area contributed by atoms with E-state index in [1.54, 1.807) is 6.07 Å². The minimum atomic E-state index is -0.130. The Morgan fingerprint density at radius 2 is 1.94 bits per heavy atom. The smallest absolute Gasteiger partial charge is 0.127 e. The van der Waals surface area contributed by atoms with Crippen LogP contribution in [0.15, 0.2) is 24.3 Å². The van der Waals surface area contributed by atoms with Gasteiger partial charge in [-0.3, -0.25) is 4.90 Å². The van der Waals surface area contributed by atoms with Crippen LogP contribution >= 0.6 is 0 Å². The highest BCUT2D eigenvalue weighted by molar-refractivity contribution is 5.20. The van der Waals surface area contributed by atoms with E-state index in [0.29, 0.717) is 0 Å². The third-order valence-corrected chi connectivity index (χ3v) is 3.53. The third kappa shape index (κ3) is 4.39. The van der Waals surface area contributed by atoms with Gasteiger partial charge < -0.3 is 5.73 Å². The molecule has 102 valence electrons. The largest absolute Gasteiger partial charge is 0.328 e. The summed E-state index contributed by atoms with van der Waals surface area (Å²) in [6, 6.07) is 7.31. The average Bonchev–Trinajstić information content (AvgIpc) is 2.36. The Balaban J connectivity index is 2.51. The maximum atomic E-state index is 13.7. The summed E-state index contributed by atoms with van der Waals surface area (Å²) < 4.78 is 13.7. The molecule has 0 heterocycles. The molecule has 0 radical (unpaired) electrons. The van der Waals surface area contributed by atoms with Crippen molar-refractivity contribution >= 4 is 0 Å². The van der Waals surface area contributed by atoms with Crippen LogP contribution in [0.25, 0.3) is 0 Å². The summed E-state index contributed by atoms with van der Waals surface area (Å²) in [4.78, 5) is 2.16. The summed E-state index contributed by atoms with van der Waals surface area (Å²) in [7, 11) is 2.02.